The van der Waals surface area contributed by atoms with Crippen molar-refractivity contribution >= 4 is 17.3 Å². The number of nitrogens with two attached hydrogens (primary N) is 1. The van der Waals surface area contributed by atoms with Crippen LogP contribution in [0.5, 0.6) is 11.5 Å². The van der Waals surface area contributed by atoms with E-state index < -0.39 is 0 Å². The number of quaternary nitrogens is 1. The highest BCUT2D eigenvalue weighted by Gasteiger charge is 2.37. The van der Waals surface area contributed by atoms with Gasteiger partial charge < -0.3 is 20.5 Å². The highest BCUT2D eigenvalue weighted by molar-refractivity contribution is 6.30. The maximum absolute atomic E-state index is 10.6. The van der Waals surface area contributed by atoms with Crippen LogP contribution in [0.2, 0.25) is 5.02 Å². The average Bonchev–Trinajstić information content (AvgIpc) is 2.62. The molecule has 0 radical (unpaired) electrons. The van der Waals surface area contributed by atoms with Crippen molar-refractivity contribution in [3.8, 4) is 11.5 Å². The molecule has 0 spiro atoms. The lowest BCUT2D eigenvalue weighted by atomic mass is 9.93. The zero-order valence-corrected chi connectivity index (χ0v) is 16.2. The summed E-state index contributed by atoms with van der Waals surface area (Å²) in [5.74, 6) is 0.691. The molecule has 2 aromatic carbocycles. The van der Waals surface area contributed by atoms with Gasteiger partial charge in [-0.25, -0.2) is 0 Å². The second-order valence-corrected chi connectivity index (χ2v) is 7.41. The predicted molar refractivity (Wildman–Crippen MR) is 105 cm³/mol. The van der Waals surface area contributed by atoms with Crippen molar-refractivity contribution < 1.29 is 15.2 Å². The Kier molecular flexibility index (Phi) is 5.44. The quantitative estimate of drug-likeness (QED) is 0.746. The van der Waals surface area contributed by atoms with Gasteiger partial charge in [0.05, 0.1) is 12.7 Å². The lowest BCUT2D eigenvalue weighted by Gasteiger charge is -2.38. The molecule has 4 N–H and O–H groups in total. The summed E-state index contributed by atoms with van der Waals surface area (Å²) in [4.78, 5) is 0. The van der Waals surface area contributed by atoms with Crippen LogP contribution in [0.25, 0.3) is 5.70 Å². The van der Waals surface area contributed by atoms with Crippen molar-refractivity contribution in [2.45, 2.75) is 38.4 Å². The lowest BCUT2D eigenvalue weighted by Crippen LogP contribution is -3.01. The molecule has 4 nitrogen and oxygen atoms in total. The molecule has 0 aromatic heterocycles. The molecule has 2 aromatic rings. The van der Waals surface area contributed by atoms with Gasteiger partial charge in [0.2, 0.25) is 0 Å². The standard InChI is InChI=1S/C21H25ClN2O2/c1-4-12-21(2)23-17(14-8-10-15(22)11-9-14)13-18(24-21)16-6-5-7-19(26-3)20(16)25/h5-11,13,18,23-25H,4,12H2,1-3H3/p+1. The van der Waals surface area contributed by atoms with Gasteiger partial charge in [-0.05, 0) is 36.2 Å². The van der Waals surface area contributed by atoms with Crippen molar-refractivity contribution in [3.63, 3.8) is 0 Å². The minimum atomic E-state index is -0.168. The van der Waals surface area contributed by atoms with Gasteiger partial charge in [0.1, 0.15) is 6.04 Å². The van der Waals surface area contributed by atoms with E-state index >= 15 is 0 Å². The molecule has 1 heterocycles. The molecule has 0 aliphatic carbocycles. The molecule has 26 heavy (non-hydrogen) atoms. The zero-order valence-electron chi connectivity index (χ0n) is 15.4. The summed E-state index contributed by atoms with van der Waals surface area (Å²) >= 11 is 6.04. The summed E-state index contributed by atoms with van der Waals surface area (Å²) in [7, 11) is 1.57. The van der Waals surface area contributed by atoms with Crippen LogP contribution in [-0.2, 0) is 0 Å². The molecule has 0 saturated carbocycles. The molecular formula is C21H26ClN2O2+. The molecule has 0 saturated heterocycles. The highest BCUT2D eigenvalue weighted by Crippen LogP contribution is 2.35. The Balaban J connectivity index is 2.05. The molecule has 3 rings (SSSR count). The van der Waals surface area contributed by atoms with Crippen LogP contribution in [0.3, 0.4) is 0 Å². The van der Waals surface area contributed by atoms with Crippen LogP contribution in [0.4, 0.5) is 0 Å². The fourth-order valence-corrected chi connectivity index (χ4v) is 3.76. The maximum atomic E-state index is 10.6. The second-order valence-electron chi connectivity index (χ2n) is 6.97. The van der Waals surface area contributed by atoms with Crippen LogP contribution < -0.4 is 15.4 Å². The van der Waals surface area contributed by atoms with Crippen molar-refractivity contribution in [3.05, 3.63) is 64.7 Å². The number of hydrogen-bond acceptors (Lipinski definition) is 3. The molecule has 5 heteroatoms. The molecule has 0 bridgehead atoms. The zero-order chi connectivity index (χ0) is 18.7. The summed E-state index contributed by atoms with van der Waals surface area (Å²) < 4.78 is 5.29. The third-order valence-electron chi connectivity index (χ3n) is 4.85. The summed E-state index contributed by atoms with van der Waals surface area (Å²) in [6.07, 6.45) is 4.21. The molecular weight excluding hydrogens is 348 g/mol. The molecule has 0 amide bonds. The van der Waals surface area contributed by atoms with Crippen molar-refractivity contribution in [1.82, 2.24) is 5.32 Å². The number of halogens is 1. The normalized spacial score (nSPS) is 22.5. The first kappa shape index (κ1) is 18.6. The van der Waals surface area contributed by atoms with Gasteiger partial charge in [-0.3, -0.25) is 0 Å². The molecule has 1 aliphatic heterocycles. The molecule has 1 aliphatic rings. The number of aromatic hydroxyl groups is 1. The third kappa shape index (κ3) is 3.81. The molecule has 2 unspecified atom stereocenters. The van der Waals surface area contributed by atoms with Crippen LogP contribution in [-0.4, -0.2) is 17.9 Å². The number of hydrogen-bond donors (Lipinski definition) is 3. The predicted octanol–water partition coefficient (Wildman–Crippen LogP) is 3.82. The van der Waals surface area contributed by atoms with E-state index in [4.69, 9.17) is 16.3 Å². The largest absolute Gasteiger partial charge is 0.504 e. The number of phenolic OH excluding ortho intramolecular Hbond substituents is 1. The summed E-state index contributed by atoms with van der Waals surface area (Å²) in [6.45, 7) is 4.38. The van der Waals surface area contributed by atoms with E-state index in [0.29, 0.717) is 5.75 Å². The van der Waals surface area contributed by atoms with Gasteiger partial charge in [-0.15, -0.1) is 0 Å². The van der Waals surface area contributed by atoms with Gasteiger partial charge >= 0.3 is 0 Å². The van der Waals surface area contributed by atoms with Crippen LogP contribution in [0.1, 0.15) is 43.9 Å². The number of methoxy groups -OCH3 is 1. The van der Waals surface area contributed by atoms with Crippen LogP contribution in [0, 0.1) is 0 Å². The second kappa shape index (κ2) is 7.60. The van der Waals surface area contributed by atoms with E-state index in [1.807, 2.05) is 36.4 Å². The van der Waals surface area contributed by atoms with Crippen LogP contribution in [0.15, 0.2) is 48.5 Å². The van der Waals surface area contributed by atoms with Crippen molar-refractivity contribution in [2.24, 2.45) is 0 Å². The first-order valence-electron chi connectivity index (χ1n) is 8.93. The number of benzene rings is 2. The van der Waals surface area contributed by atoms with E-state index in [-0.39, 0.29) is 17.5 Å². The van der Waals surface area contributed by atoms with Gasteiger partial charge in [0, 0.05) is 30.1 Å². The van der Waals surface area contributed by atoms with E-state index in [1.165, 1.54) is 0 Å². The smallest absolute Gasteiger partial charge is 0.167 e. The Hall–Kier alpha value is -2.17. The Labute approximate surface area is 159 Å². The van der Waals surface area contributed by atoms with Gasteiger partial charge in [0.15, 0.2) is 17.2 Å². The summed E-state index contributed by atoms with van der Waals surface area (Å²) in [6, 6.07) is 13.4. The lowest BCUT2D eigenvalue weighted by molar-refractivity contribution is -0.758. The fourth-order valence-electron chi connectivity index (χ4n) is 3.63. The van der Waals surface area contributed by atoms with E-state index in [0.717, 1.165) is 34.7 Å². The number of rotatable bonds is 5. The Morgan fingerprint density at radius 2 is 1.96 bits per heavy atom. The molecule has 2 atom stereocenters. The Morgan fingerprint density at radius 1 is 1.23 bits per heavy atom. The monoisotopic (exact) mass is 373 g/mol. The van der Waals surface area contributed by atoms with Crippen molar-refractivity contribution in [2.75, 3.05) is 7.11 Å². The fraction of sp³-hybridized carbons (Fsp3) is 0.333. The first-order valence-corrected chi connectivity index (χ1v) is 9.31. The third-order valence-corrected chi connectivity index (χ3v) is 5.10. The molecule has 138 valence electrons. The number of nitrogens with one attached hydrogen (secondary N) is 1. The van der Waals surface area contributed by atoms with Gasteiger partial charge in [-0.2, -0.15) is 0 Å². The first-order chi connectivity index (χ1) is 12.5. The van der Waals surface area contributed by atoms with E-state index in [1.54, 1.807) is 13.2 Å². The topological polar surface area (TPSA) is 58.1 Å². The van der Waals surface area contributed by atoms with Crippen LogP contribution >= 0.6 is 11.6 Å². The van der Waals surface area contributed by atoms with Crippen molar-refractivity contribution in [1.29, 1.82) is 0 Å². The minimum Gasteiger partial charge on any atom is -0.504 e. The highest BCUT2D eigenvalue weighted by atomic mass is 35.5. The number of ether oxygens (including phenoxy) is 1. The van der Waals surface area contributed by atoms with E-state index in [9.17, 15) is 5.11 Å². The van der Waals surface area contributed by atoms with Gasteiger partial charge in [-0.1, -0.05) is 36.7 Å². The summed E-state index contributed by atoms with van der Waals surface area (Å²) in [5, 5.41) is 17.3. The minimum absolute atomic E-state index is 0.0198. The maximum Gasteiger partial charge on any atom is 0.167 e. The number of phenols is 1. The molecule has 0 fully saturated rings. The number of para-hydroxylation sites is 1. The Bertz CT molecular complexity index is 804. The summed E-state index contributed by atoms with van der Waals surface area (Å²) in [5.41, 5.74) is 2.81. The Morgan fingerprint density at radius 3 is 2.62 bits per heavy atom. The van der Waals surface area contributed by atoms with E-state index in [2.05, 4.69) is 30.6 Å². The average molecular weight is 374 g/mol. The SMILES string of the molecule is CCCC1(C)NC(c2ccc(Cl)cc2)=CC(c2cccc(OC)c2O)[NH2+]1. The van der Waals surface area contributed by atoms with Gasteiger partial charge in [0.25, 0.3) is 0 Å².